The number of thioether (sulfide) groups is 1. The van der Waals surface area contributed by atoms with Gasteiger partial charge in [-0.1, -0.05) is 13.8 Å². The van der Waals surface area contributed by atoms with E-state index in [1.165, 1.54) is 0 Å². The van der Waals surface area contributed by atoms with Gasteiger partial charge in [0, 0.05) is 25.1 Å². The molecule has 0 bridgehead atoms. The van der Waals surface area contributed by atoms with Crippen LogP contribution in [0, 0.1) is 5.92 Å². The van der Waals surface area contributed by atoms with Gasteiger partial charge in [-0.05, 0) is 11.7 Å². The largest absolute Gasteiger partial charge is 0.476 e. The molecular formula is C13H19N3O2S. The lowest BCUT2D eigenvalue weighted by molar-refractivity contribution is 0.0688. The van der Waals surface area contributed by atoms with Crippen LogP contribution in [0.5, 0.6) is 0 Å². The second-order valence-corrected chi connectivity index (χ2v) is 6.08. The summed E-state index contributed by atoms with van der Waals surface area (Å²) >= 11 is 1.75. The van der Waals surface area contributed by atoms with Gasteiger partial charge in [-0.2, -0.15) is 11.8 Å². The van der Waals surface area contributed by atoms with Crippen LogP contribution in [-0.2, 0) is 18.7 Å². The van der Waals surface area contributed by atoms with Gasteiger partial charge in [0.2, 0.25) is 0 Å². The first-order valence-corrected chi connectivity index (χ1v) is 7.63. The van der Waals surface area contributed by atoms with Crippen molar-refractivity contribution in [2.45, 2.75) is 32.6 Å². The van der Waals surface area contributed by atoms with Crippen LogP contribution in [0.2, 0.25) is 0 Å². The minimum Gasteiger partial charge on any atom is -0.476 e. The Hall–Kier alpha value is -1.14. The van der Waals surface area contributed by atoms with E-state index in [2.05, 4.69) is 29.1 Å². The molecule has 0 aliphatic carbocycles. The first-order valence-electron chi connectivity index (χ1n) is 6.48. The topological polar surface area (TPSA) is 75.1 Å². The van der Waals surface area contributed by atoms with Crippen molar-refractivity contribution >= 4 is 17.7 Å². The third-order valence-corrected chi connectivity index (χ3v) is 4.23. The zero-order chi connectivity index (χ0) is 13.8. The third kappa shape index (κ3) is 3.67. The molecule has 0 saturated heterocycles. The van der Waals surface area contributed by atoms with Gasteiger partial charge in [0.1, 0.15) is 5.82 Å². The number of nitrogens with zero attached hydrogens (tertiary/aromatic N) is 2. The Bertz CT molecular complexity index is 477. The van der Waals surface area contributed by atoms with Crippen LogP contribution in [0.3, 0.4) is 0 Å². The van der Waals surface area contributed by atoms with E-state index >= 15 is 0 Å². The van der Waals surface area contributed by atoms with Crippen molar-refractivity contribution in [3.05, 3.63) is 22.8 Å². The van der Waals surface area contributed by atoms with Crippen LogP contribution in [0.25, 0.3) is 0 Å². The molecular weight excluding hydrogens is 262 g/mol. The first-order chi connectivity index (χ1) is 9.08. The minimum absolute atomic E-state index is 0.164. The predicted octanol–water partition coefficient (Wildman–Crippen LogP) is 1.71. The monoisotopic (exact) mass is 281 g/mol. The highest BCUT2D eigenvalue weighted by Crippen LogP contribution is 2.19. The zero-order valence-corrected chi connectivity index (χ0v) is 12.1. The maximum Gasteiger partial charge on any atom is 0.354 e. The molecule has 5 nitrogen and oxygen atoms in total. The Kier molecular flexibility index (Phi) is 4.76. The molecule has 0 spiro atoms. The fourth-order valence-electron chi connectivity index (χ4n) is 2.02. The van der Waals surface area contributed by atoms with Crippen LogP contribution in [0.4, 0.5) is 0 Å². The van der Waals surface area contributed by atoms with Crippen molar-refractivity contribution in [1.82, 2.24) is 15.3 Å². The second-order valence-electron chi connectivity index (χ2n) is 5.05. The Morgan fingerprint density at radius 2 is 2.26 bits per heavy atom. The molecule has 0 amide bonds. The lowest BCUT2D eigenvalue weighted by Crippen LogP contribution is -2.28. The quantitative estimate of drug-likeness (QED) is 0.856. The highest BCUT2D eigenvalue weighted by molar-refractivity contribution is 7.98. The predicted molar refractivity (Wildman–Crippen MR) is 75.4 cm³/mol. The number of nitrogens with one attached hydrogen (secondary N) is 1. The average Bonchev–Trinajstić information content (AvgIpc) is 2.37. The molecule has 0 unspecified atom stereocenters. The molecule has 19 heavy (non-hydrogen) atoms. The van der Waals surface area contributed by atoms with Gasteiger partial charge >= 0.3 is 5.97 Å². The number of hydrogen-bond acceptors (Lipinski definition) is 5. The molecule has 0 radical (unpaired) electrons. The Morgan fingerprint density at radius 1 is 1.47 bits per heavy atom. The van der Waals surface area contributed by atoms with Gasteiger partial charge in [-0.3, -0.25) is 0 Å². The number of carboxylic acids is 1. The summed E-state index contributed by atoms with van der Waals surface area (Å²) in [5, 5.41) is 12.4. The van der Waals surface area contributed by atoms with Crippen molar-refractivity contribution < 1.29 is 9.90 Å². The fourth-order valence-corrected chi connectivity index (χ4v) is 2.92. The van der Waals surface area contributed by atoms with Crippen molar-refractivity contribution in [1.29, 1.82) is 0 Å². The number of aromatic carboxylic acids is 1. The van der Waals surface area contributed by atoms with Crippen molar-refractivity contribution in [2.24, 2.45) is 5.92 Å². The standard InChI is InChI=1S/C13H19N3O2S/c1-8(2)6-19-7-11-15-10-3-4-14-5-9(10)12(16-11)13(17)18/h8,14H,3-7H2,1-2H3,(H,17,18). The molecule has 1 aromatic rings. The molecule has 2 N–H and O–H groups in total. The van der Waals surface area contributed by atoms with E-state index in [-0.39, 0.29) is 5.69 Å². The summed E-state index contributed by atoms with van der Waals surface area (Å²) in [7, 11) is 0. The Labute approximate surface area is 117 Å². The zero-order valence-electron chi connectivity index (χ0n) is 11.3. The van der Waals surface area contributed by atoms with Gasteiger partial charge in [0.15, 0.2) is 5.69 Å². The van der Waals surface area contributed by atoms with Crippen LogP contribution in [-0.4, -0.2) is 33.3 Å². The molecule has 1 aromatic heterocycles. The summed E-state index contributed by atoms with van der Waals surface area (Å²) in [6.45, 7) is 5.72. The van der Waals surface area contributed by atoms with Crippen LogP contribution in [0.15, 0.2) is 0 Å². The van der Waals surface area contributed by atoms with Gasteiger partial charge in [-0.15, -0.1) is 0 Å². The fraction of sp³-hybridized carbons (Fsp3) is 0.615. The minimum atomic E-state index is -0.961. The molecule has 0 fully saturated rings. The number of fused-ring (bicyclic) bond motifs is 1. The van der Waals surface area contributed by atoms with E-state index in [0.29, 0.717) is 24.0 Å². The highest BCUT2D eigenvalue weighted by atomic mass is 32.2. The molecule has 6 heteroatoms. The summed E-state index contributed by atoms with van der Waals surface area (Å²) in [5.74, 6) is 2.01. The second kappa shape index (κ2) is 6.34. The normalized spacial score (nSPS) is 14.5. The Balaban J connectivity index is 2.20. The molecule has 104 valence electrons. The Morgan fingerprint density at radius 3 is 2.95 bits per heavy atom. The van der Waals surface area contributed by atoms with Gasteiger partial charge in [0.25, 0.3) is 0 Å². The number of carboxylic acid groups (broad SMARTS) is 1. The smallest absolute Gasteiger partial charge is 0.354 e. The number of carbonyl (C=O) groups is 1. The summed E-state index contributed by atoms with van der Waals surface area (Å²) in [5.41, 5.74) is 1.81. The van der Waals surface area contributed by atoms with Crippen LogP contribution in [0.1, 0.15) is 41.4 Å². The van der Waals surface area contributed by atoms with Gasteiger partial charge < -0.3 is 10.4 Å². The first kappa shape index (κ1) is 14.3. The van der Waals surface area contributed by atoms with Crippen molar-refractivity contribution in [2.75, 3.05) is 12.3 Å². The van der Waals surface area contributed by atoms with Crippen molar-refractivity contribution in [3.63, 3.8) is 0 Å². The molecule has 2 heterocycles. The molecule has 2 rings (SSSR count). The molecule has 0 saturated carbocycles. The number of hydrogen-bond donors (Lipinski definition) is 2. The summed E-state index contributed by atoms with van der Waals surface area (Å²) in [6, 6.07) is 0. The maximum atomic E-state index is 11.3. The third-order valence-electron chi connectivity index (χ3n) is 2.86. The molecule has 1 aliphatic heterocycles. The van der Waals surface area contributed by atoms with E-state index < -0.39 is 5.97 Å². The van der Waals surface area contributed by atoms with E-state index in [1.54, 1.807) is 11.8 Å². The lowest BCUT2D eigenvalue weighted by Gasteiger charge is -2.18. The van der Waals surface area contributed by atoms with Crippen LogP contribution >= 0.6 is 11.8 Å². The summed E-state index contributed by atoms with van der Waals surface area (Å²) in [6.07, 6.45) is 0.778. The number of rotatable bonds is 5. The van der Waals surface area contributed by atoms with Crippen molar-refractivity contribution in [3.8, 4) is 0 Å². The SMILES string of the molecule is CC(C)CSCc1nc2c(c(C(=O)O)n1)CNCC2. The van der Waals surface area contributed by atoms with E-state index in [1.807, 2.05) is 0 Å². The van der Waals surface area contributed by atoms with Gasteiger partial charge in [-0.25, -0.2) is 14.8 Å². The molecule has 1 aliphatic rings. The number of aromatic nitrogens is 2. The average molecular weight is 281 g/mol. The van der Waals surface area contributed by atoms with Gasteiger partial charge in [0.05, 0.1) is 11.4 Å². The lowest BCUT2D eigenvalue weighted by atomic mass is 10.1. The van der Waals surface area contributed by atoms with E-state index in [9.17, 15) is 9.90 Å². The van der Waals surface area contributed by atoms with E-state index in [4.69, 9.17) is 0 Å². The molecule has 0 aromatic carbocycles. The summed E-state index contributed by atoms with van der Waals surface area (Å²) < 4.78 is 0. The van der Waals surface area contributed by atoms with E-state index in [0.717, 1.165) is 30.0 Å². The maximum absolute atomic E-state index is 11.3. The summed E-state index contributed by atoms with van der Waals surface area (Å²) in [4.78, 5) is 20.0. The van der Waals surface area contributed by atoms with Crippen LogP contribution < -0.4 is 5.32 Å². The highest BCUT2D eigenvalue weighted by Gasteiger charge is 2.21. The molecule has 0 atom stereocenters.